The van der Waals surface area contributed by atoms with E-state index in [0.717, 1.165) is 34.9 Å². The number of aryl methyl sites for hydroxylation is 1. The lowest BCUT2D eigenvalue weighted by Crippen LogP contribution is -2.20. The molecule has 1 atom stereocenters. The van der Waals surface area contributed by atoms with Crippen LogP contribution >= 0.6 is 0 Å². The number of aromatic nitrogens is 2. The number of anilines is 4. The Kier molecular flexibility index (Phi) is 6.44. The average molecular weight is 390 g/mol. The standard InChI is InChI=1S/C23H27N5O/c1-5-20(17-9-7-6-8-10-17)22(29)25-18-11-13-19(14-12-18)26-23-24-16(2)15-21(27-23)28(3)4/h6-15,20H,5H2,1-4H3,(H,25,29)(H,24,26,27)/t20-/m0/s1. The third-order valence-electron chi connectivity index (χ3n) is 4.63. The van der Waals surface area contributed by atoms with Gasteiger partial charge < -0.3 is 15.5 Å². The van der Waals surface area contributed by atoms with Crippen molar-refractivity contribution in [1.82, 2.24) is 9.97 Å². The molecule has 1 aromatic heterocycles. The zero-order valence-electron chi connectivity index (χ0n) is 17.3. The second-order valence-corrected chi connectivity index (χ2v) is 7.15. The van der Waals surface area contributed by atoms with Crippen LogP contribution in [-0.2, 0) is 4.79 Å². The van der Waals surface area contributed by atoms with Gasteiger partial charge in [-0.05, 0) is 43.2 Å². The lowest BCUT2D eigenvalue weighted by atomic mass is 9.95. The van der Waals surface area contributed by atoms with Crippen molar-refractivity contribution >= 4 is 29.0 Å². The maximum Gasteiger partial charge on any atom is 0.231 e. The van der Waals surface area contributed by atoms with Crippen molar-refractivity contribution in [3.05, 3.63) is 71.9 Å². The summed E-state index contributed by atoms with van der Waals surface area (Å²) in [4.78, 5) is 23.6. The van der Waals surface area contributed by atoms with Crippen molar-refractivity contribution in [2.24, 2.45) is 0 Å². The number of nitrogens with one attached hydrogen (secondary N) is 2. The molecular weight excluding hydrogens is 362 g/mol. The van der Waals surface area contributed by atoms with Gasteiger partial charge in [0.2, 0.25) is 11.9 Å². The lowest BCUT2D eigenvalue weighted by molar-refractivity contribution is -0.117. The van der Waals surface area contributed by atoms with Crippen LogP contribution in [0.4, 0.5) is 23.1 Å². The van der Waals surface area contributed by atoms with Crippen LogP contribution in [0.15, 0.2) is 60.7 Å². The van der Waals surface area contributed by atoms with Gasteiger partial charge in [0.05, 0.1) is 5.92 Å². The van der Waals surface area contributed by atoms with Gasteiger partial charge in [-0.25, -0.2) is 4.98 Å². The Morgan fingerprint density at radius 2 is 1.66 bits per heavy atom. The molecule has 0 unspecified atom stereocenters. The van der Waals surface area contributed by atoms with Gasteiger partial charge in [-0.1, -0.05) is 37.3 Å². The molecule has 0 saturated carbocycles. The lowest BCUT2D eigenvalue weighted by Gasteiger charge is -2.16. The predicted molar refractivity (Wildman–Crippen MR) is 119 cm³/mol. The number of carbonyl (C=O) groups excluding carboxylic acids is 1. The zero-order chi connectivity index (χ0) is 20.8. The Hall–Kier alpha value is -3.41. The van der Waals surface area contributed by atoms with E-state index in [4.69, 9.17) is 0 Å². The van der Waals surface area contributed by atoms with E-state index in [0.29, 0.717) is 5.95 Å². The maximum atomic E-state index is 12.7. The van der Waals surface area contributed by atoms with Gasteiger partial charge in [-0.15, -0.1) is 0 Å². The Balaban J connectivity index is 1.68. The minimum atomic E-state index is -0.167. The van der Waals surface area contributed by atoms with Gasteiger partial charge in [0.25, 0.3) is 0 Å². The summed E-state index contributed by atoms with van der Waals surface area (Å²) in [7, 11) is 3.89. The van der Waals surface area contributed by atoms with Crippen molar-refractivity contribution in [2.75, 3.05) is 29.6 Å². The van der Waals surface area contributed by atoms with Crippen molar-refractivity contribution < 1.29 is 4.79 Å². The zero-order valence-corrected chi connectivity index (χ0v) is 17.3. The molecule has 0 aliphatic heterocycles. The number of benzene rings is 2. The van der Waals surface area contributed by atoms with E-state index in [9.17, 15) is 4.79 Å². The summed E-state index contributed by atoms with van der Waals surface area (Å²) in [6.07, 6.45) is 0.744. The van der Waals surface area contributed by atoms with Crippen LogP contribution in [0.1, 0.15) is 30.5 Å². The van der Waals surface area contributed by atoms with Crippen LogP contribution in [0.25, 0.3) is 0 Å². The van der Waals surface area contributed by atoms with Crippen molar-refractivity contribution in [1.29, 1.82) is 0 Å². The third kappa shape index (κ3) is 5.31. The smallest absolute Gasteiger partial charge is 0.231 e. The van der Waals surface area contributed by atoms with Crippen molar-refractivity contribution in [2.45, 2.75) is 26.2 Å². The molecule has 0 spiro atoms. The molecule has 0 aliphatic carbocycles. The molecule has 0 fully saturated rings. The molecule has 150 valence electrons. The van der Waals surface area contributed by atoms with E-state index < -0.39 is 0 Å². The molecule has 3 aromatic rings. The fraction of sp³-hybridized carbons (Fsp3) is 0.261. The number of rotatable bonds is 7. The SMILES string of the molecule is CC[C@H](C(=O)Nc1ccc(Nc2nc(C)cc(N(C)C)n2)cc1)c1ccccc1. The predicted octanol–water partition coefficient (Wildman–Crippen LogP) is 4.73. The molecule has 2 N–H and O–H groups in total. The summed E-state index contributed by atoms with van der Waals surface area (Å²) in [6.45, 7) is 3.96. The summed E-state index contributed by atoms with van der Waals surface area (Å²) < 4.78 is 0. The van der Waals surface area contributed by atoms with E-state index in [-0.39, 0.29) is 11.8 Å². The number of carbonyl (C=O) groups is 1. The summed E-state index contributed by atoms with van der Waals surface area (Å²) in [5.41, 5.74) is 3.53. The first-order valence-electron chi connectivity index (χ1n) is 9.72. The normalized spacial score (nSPS) is 11.6. The molecule has 0 bridgehead atoms. The first-order chi connectivity index (χ1) is 14.0. The van der Waals surface area contributed by atoms with Crippen LogP contribution in [0.2, 0.25) is 0 Å². The highest BCUT2D eigenvalue weighted by atomic mass is 16.1. The molecule has 29 heavy (non-hydrogen) atoms. The molecule has 3 rings (SSSR count). The highest BCUT2D eigenvalue weighted by Crippen LogP contribution is 2.23. The molecular formula is C23H27N5O. The maximum absolute atomic E-state index is 12.7. The number of hydrogen-bond donors (Lipinski definition) is 2. The Morgan fingerprint density at radius 3 is 2.28 bits per heavy atom. The number of hydrogen-bond acceptors (Lipinski definition) is 5. The van der Waals surface area contributed by atoms with Gasteiger partial charge >= 0.3 is 0 Å². The number of amides is 1. The highest BCUT2D eigenvalue weighted by molar-refractivity contribution is 5.96. The fourth-order valence-electron chi connectivity index (χ4n) is 3.09. The molecule has 1 heterocycles. The Morgan fingerprint density at radius 1 is 1.00 bits per heavy atom. The summed E-state index contributed by atoms with van der Waals surface area (Å²) in [5.74, 6) is 1.22. The molecule has 2 aromatic carbocycles. The quantitative estimate of drug-likeness (QED) is 0.611. The van der Waals surface area contributed by atoms with Gasteiger partial charge in [0.15, 0.2) is 0 Å². The highest BCUT2D eigenvalue weighted by Gasteiger charge is 2.18. The van der Waals surface area contributed by atoms with Gasteiger partial charge in [0, 0.05) is 37.2 Å². The second-order valence-electron chi connectivity index (χ2n) is 7.15. The first-order valence-corrected chi connectivity index (χ1v) is 9.72. The molecule has 6 heteroatoms. The summed E-state index contributed by atoms with van der Waals surface area (Å²) >= 11 is 0. The fourth-order valence-corrected chi connectivity index (χ4v) is 3.09. The van der Waals surface area contributed by atoms with E-state index in [1.54, 1.807) is 0 Å². The van der Waals surface area contributed by atoms with E-state index >= 15 is 0 Å². The summed E-state index contributed by atoms with van der Waals surface area (Å²) in [6, 6.07) is 19.3. The molecule has 1 amide bonds. The van der Waals surface area contributed by atoms with Crippen LogP contribution in [-0.4, -0.2) is 30.0 Å². The van der Waals surface area contributed by atoms with E-state index in [1.165, 1.54) is 0 Å². The second kappa shape index (κ2) is 9.19. The molecule has 0 saturated heterocycles. The van der Waals surface area contributed by atoms with Gasteiger partial charge in [-0.2, -0.15) is 4.98 Å². The van der Waals surface area contributed by atoms with Crippen molar-refractivity contribution in [3.8, 4) is 0 Å². The largest absolute Gasteiger partial charge is 0.363 e. The first kappa shape index (κ1) is 20.3. The Bertz CT molecular complexity index is 955. The van der Waals surface area contributed by atoms with Gasteiger partial charge in [0.1, 0.15) is 5.82 Å². The number of nitrogens with zero attached hydrogens (tertiary/aromatic N) is 3. The average Bonchev–Trinajstić information content (AvgIpc) is 2.70. The molecule has 6 nitrogen and oxygen atoms in total. The minimum Gasteiger partial charge on any atom is -0.363 e. The topological polar surface area (TPSA) is 70.2 Å². The summed E-state index contributed by atoms with van der Waals surface area (Å²) in [5, 5.41) is 6.23. The van der Waals surface area contributed by atoms with E-state index in [2.05, 4.69) is 20.6 Å². The van der Waals surface area contributed by atoms with Crippen LogP contribution in [0.3, 0.4) is 0 Å². The van der Waals surface area contributed by atoms with Crippen LogP contribution < -0.4 is 15.5 Å². The van der Waals surface area contributed by atoms with E-state index in [1.807, 2.05) is 93.5 Å². The minimum absolute atomic E-state index is 0.00273. The van der Waals surface area contributed by atoms with Crippen molar-refractivity contribution in [3.63, 3.8) is 0 Å². The molecule has 0 aliphatic rings. The Labute approximate surface area is 172 Å². The third-order valence-corrected chi connectivity index (χ3v) is 4.63. The van der Waals surface area contributed by atoms with Crippen LogP contribution in [0.5, 0.6) is 0 Å². The van der Waals surface area contributed by atoms with Crippen LogP contribution in [0, 0.1) is 6.92 Å². The van der Waals surface area contributed by atoms with Gasteiger partial charge in [-0.3, -0.25) is 4.79 Å². The molecule has 0 radical (unpaired) electrons. The monoisotopic (exact) mass is 389 g/mol.